The van der Waals surface area contributed by atoms with Gasteiger partial charge in [-0.05, 0) is 29.8 Å². The second kappa shape index (κ2) is 6.84. The van der Waals surface area contributed by atoms with Crippen molar-refractivity contribution in [1.82, 2.24) is 4.90 Å². The second-order valence-corrected chi connectivity index (χ2v) is 5.74. The molecule has 0 bridgehead atoms. The Labute approximate surface area is 145 Å². The summed E-state index contributed by atoms with van der Waals surface area (Å²) in [6.45, 7) is 1.93. The Kier molecular flexibility index (Phi) is 4.61. The quantitative estimate of drug-likeness (QED) is 0.873. The average Bonchev–Trinajstić information content (AvgIpc) is 3.24. The molecule has 1 amide bonds. The normalized spacial score (nSPS) is 17.3. The van der Waals surface area contributed by atoms with E-state index >= 15 is 0 Å². The predicted molar refractivity (Wildman–Crippen MR) is 89.9 cm³/mol. The molecule has 130 valence electrons. The number of Topliss-reactive ketones (excluding diaryl/α,β-unsaturated/α-hetero) is 1. The summed E-state index contributed by atoms with van der Waals surface area (Å²) < 4.78 is 10.6. The summed E-state index contributed by atoms with van der Waals surface area (Å²) in [6, 6.07) is 9.92. The van der Waals surface area contributed by atoms with Crippen LogP contribution in [0.4, 0.5) is 0 Å². The Morgan fingerprint density at radius 2 is 2.00 bits per heavy atom. The maximum atomic E-state index is 12.6. The zero-order chi connectivity index (χ0) is 18.0. The predicted octanol–water partition coefficient (Wildman–Crippen LogP) is 3.16. The van der Waals surface area contributed by atoms with Crippen LogP contribution in [0.3, 0.4) is 0 Å². The molecule has 1 aliphatic rings. The number of hydrogen-bond donors (Lipinski definition) is 1. The van der Waals surface area contributed by atoms with Gasteiger partial charge in [0.1, 0.15) is 17.6 Å². The van der Waals surface area contributed by atoms with E-state index in [9.17, 15) is 14.7 Å². The van der Waals surface area contributed by atoms with Crippen molar-refractivity contribution < 1.29 is 23.8 Å². The number of methoxy groups -OCH3 is 1. The molecule has 25 heavy (non-hydrogen) atoms. The first-order valence-corrected chi connectivity index (χ1v) is 8.00. The molecule has 1 aromatic carbocycles. The minimum atomic E-state index is -0.725. The molecule has 0 saturated carbocycles. The number of furan rings is 1. The van der Waals surface area contributed by atoms with E-state index in [-0.39, 0.29) is 24.3 Å². The van der Waals surface area contributed by atoms with Crippen molar-refractivity contribution in [2.75, 3.05) is 7.11 Å². The van der Waals surface area contributed by atoms with Crippen molar-refractivity contribution in [3.8, 4) is 5.75 Å². The van der Waals surface area contributed by atoms with Crippen LogP contribution in [0.15, 0.2) is 58.4 Å². The summed E-state index contributed by atoms with van der Waals surface area (Å²) in [5.41, 5.74) is 0.944. The zero-order valence-corrected chi connectivity index (χ0v) is 14.1. The second-order valence-electron chi connectivity index (χ2n) is 5.74. The molecule has 0 aliphatic carbocycles. The van der Waals surface area contributed by atoms with E-state index < -0.39 is 17.7 Å². The molecule has 1 aliphatic heterocycles. The van der Waals surface area contributed by atoms with Gasteiger partial charge in [-0.3, -0.25) is 9.59 Å². The number of aliphatic hydroxyl groups is 1. The van der Waals surface area contributed by atoms with Crippen molar-refractivity contribution in [2.45, 2.75) is 25.9 Å². The van der Waals surface area contributed by atoms with Crippen molar-refractivity contribution in [1.29, 1.82) is 0 Å². The highest BCUT2D eigenvalue weighted by molar-refractivity contribution is 6.08. The highest BCUT2D eigenvalue weighted by Crippen LogP contribution is 2.39. The Morgan fingerprint density at radius 1 is 1.28 bits per heavy atom. The third-order valence-corrected chi connectivity index (χ3v) is 4.25. The molecule has 1 aromatic heterocycles. The fraction of sp³-hybridized carbons (Fsp3) is 0.263. The number of rotatable bonds is 6. The topological polar surface area (TPSA) is 80.0 Å². The molecule has 1 N–H and O–H groups in total. The van der Waals surface area contributed by atoms with Crippen LogP contribution in [0.1, 0.15) is 30.7 Å². The van der Waals surface area contributed by atoms with Gasteiger partial charge >= 0.3 is 0 Å². The summed E-state index contributed by atoms with van der Waals surface area (Å²) in [5.74, 6) is -0.190. The van der Waals surface area contributed by atoms with Gasteiger partial charge in [0.25, 0.3) is 5.91 Å². The summed E-state index contributed by atoms with van der Waals surface area (Å²) in [5, 5.41) is 10.3. The van der Waals surface area contributed by atoms with Gasteiger partial charge in [-0.2, -0.15) is 0 Å². The lowest BCUT2D eigenvalue weighted by Gasteiger charge is -2.25. The minimum absolute atomic E-state index is 0.0935. The van der Waals surface area contributed by atoms with Crippen LogP contribution in [-0.2, 0) is 16.1 Å². The Morgan fingerprint density at radius 3 is 2.56 bits per heavy atom. The van der Waals surface area contributed by atoms with Crippen LogP contribution < -0.4 is 4.74 Å². The summed E-state index contributed by atoms with van der Waals surface area (Å²) in [4.78, 5) is 26.3. The highest BCUT2D eigenvalue weighted by Gasteiger charge is 2.44. The van der Waals surface area contributed by atoms with Gasteiger partial charge in [0.15, 0.2) is 11.5 Å². The Bertz CT molecular complexity index is 805. The zero-order valence-electron chi connectivity index (χ0n) is 14.1. The fourth-order valence-corrected chi connectivity index (χ4v) is 2.96. The number of aliphatic hydroxyl groups excluding tert-OH is 1. The molecule has 6 heteroatoms. The average molecular weight is 341 g/mol. The largest absolute Gasteiger partial charge is 0.503 e. The van der Waals surface area contributed by atoms with E-state index in [0.717, 1.165) is 5.56 Å². The van der Waals surface area contributed by atoms with Gasteiger partial charge in [0.2, 0.25) is 0 Å². The van der Waals surface area contributed by atoms with Crippen molar-refractivity contribution >= 4 is 11.7 Å². The van der Waals surface area contributed by atoms with E-state index in [2.05, 4.69) is 0 Å². The first-order chi connectivity index (χ1) is 12.1. The van der Waals surface area contributed by atoms with Crippen molar-refractivity contribution in [3.05, 3.63) is 65.3 Å². The third kappa shape index (κ3) is 3.03. The maximum absolute atomic E-state index is 12.6. The molecular weight excluding hydrogens is 322 g/mol. The van der Waals surface area contributed by atoms with Crippen LogP contribution >= 0.6 is 0 Å². The molecule has 0 fully saturated rings. The van der Waals surface area contributed by atoms with Crippen LogP contribution in [0.2, 0.25) is 0 Å². The first-order valence-electron chi connectivity index (χ1n) is 8.00. The third-order valence-electron chi connectivity index (χ3n) is 4.25. The Hall–Kier alpha value is -3.02. The van der Waals surface area contributed by atoms with Gasteiger partial charge in [0, 0.05) is 13.0 Å². The van der Waals surface area contributed by atoms with E-state index in [1.165, 1.54) is 11.2 Å². The minimum Gasteiger partial charge on any atom is -0.503 e. The van der Waals surface area contributed by atoms with Gasteiger partial charge in [-0.25, -0.2) is 0 Å². The monoisotopic (exact) mass is 341 g/mol. The molecule has 0 spiro atoms. The molecule has 6 nitrogen and oxygen atoms in total. The molecule has 0 radical (unpaired) electrons. The number of benzene rings is 1. The summed E-state index contributed by atoms with van der Waals surface area (Å²) in [6.07, 6.45) is 1.68. The Balaban J connectivity index is 1.96. The highest BCUT2D eigenvalue weighted by atomic mass is 16.5. The number of carbonyl (C=O) groups excluding carboxylic acids is 2. The lowest BCUT2D eigenvalue weighted by molar-refractivity contribution is -0.130. The van der Waals surface area contributed by atoms with Crippen LogP contribution in [0.25, 0.3) is 0 Å². The fourth-order valence-electron chi connectivity index (χ4n) is 2.96. The number of carbonyl (C=O) groups is 2. The SMILES string of the molecule is CCC(=O)C1=C(O)C(=O)N(Cc2ccc(OC)cc2)C1c1ccco1. The van der Waals surface area contributed by atoms with Gasteiger partial charge in [0.05, 0.1) is 18.9 Å². The van der Waals surface area contributed by atoms with Crippen molar-refractivity contribution in [2.24, 2.45) is 0 Å². The van der Waals surface area contributed by atoms with Crippen molar-refractivity contribution in [3.63, 3.8) is 0 Å². The van der Waals surface area contributed by atoms with E-state index in [1.54, 1.807) is 38.3 Å². The van der Waals surface area contributed by atoms with Crippen LogP contribution in [0, 0.1) is 0 Å². The summed E-state index contributed by atoms with van der Waals surface area (Å²) in [7, 11) is 1.58. The maximum Gasteiger partial charge on any atom is 0.290 e. The van der Waals surface area contributed by atoms with Gasteiger partial charge in [-0.15, -0.1) is 0 Å². The molecule has 1 atom stereocenters. The molecule has 0 saturated heterocycles. The lowest BCUT2D eigenvalue weighted by Crippen LogP contribution is -2.30. The smallest absolute Gasteiger partial charge is 0.290 e. The molecule has 1 unspecified atom stereocenters. The van der Waals surface area contributed by atoms with Crippen LogP contribution in [0.5, 0.6) is 5.75 Å². The number of ether oxygens (including phenoxy) is 1. The number of nitrogens with zero attached hydrogens (tertiary/aromatic N) is 1. The van der Waals surface area contributed by atoms with E-state index in [1.807, 2.05) is 12.1 Å². The van der Waals surface area contributed by atoms with Crippen LogP contribution in [-0.4, -0.2) is 28.8 Å². The summed E-state index contributed by atoms with van der Waals surface area (Å²) >= 11 is 0. The standard InChI is InChI=1S/C19H19NO5/c1-3-14(21)16-17(15-5-4-10-25-15)20(19(23)18(16)22)11-12-6-8-13(24-2)9-7-12/h4-10,17,22H,3,11H2,1-2H3. The van der Waals surface area contributed by atoms with E-state index in [4.69, 9.17) is 9.15 Å². The van der Waals surface area contributed by atoms with Gasteiger partial charge in [-0.1, -0.05) is 19.1 Å². The molecule has 2 aromatic rings. The number of ketones is 1. The lowest BCUT2D eigenvalue weighted by atomic mass is 9.99. The molecule has 3 rings (SSSR count). The first kappa shape index (κ1) is 16.8. The molecule has 2 heterocycles. The van der Waals surface area contributed by atoms with Gasteiger partial charge < -0.3 is 19.2 Å². The number of hydrogen-bond acceptors (Lipinski definition) is 5. The number of amides is 1. The molecular formula is C19H19NO5. The van der Waals surface area contributed by atoms with E-state index in [0.29, 0.717) is 11.5 Å².